The van der Waals surface area contributed by atoms with Crippen LogP contribution in [0.15, 0.2) is 38.3 Å². The second kappa shape index (κ2) is 6.01. The molecule has 2 rings (SSSR count). The van der Waals surface area contributed by atoms with Gasteiger partial charge in [-0.05, 0) is 47.1 Å². The van der Waals surface area contributed by atoms with Gasteiger partial charge in [0.05, 0.1) is 14.5 Å². The molecule has 0 atom stereocenters. The molecule has 0 aliphatic carbocycles. The molecule has 0 bridgehead atoms. The zero-order chi connectivity index (χ0) is 14.9. The Balaban J connectivity index is 2.50. The van der Waals surface area contributed by atoms with Crippen LogP contribution in [0.2, 0.25) is 5.02 Å². The largest absolute Gasteiger partial charge is 0.273 e. The highest BCUT2D eigenvalue weighted by Gasteiger charge is 2.26. The molecule has 0 saturated heterocycles. The number of rotatable bonds is 4. The van der Waals surface area contributed by atoms with Crippen molar-refractivity contribution in [3.63, 3.8) is 0 Å². The van der Waals surface area contributed by atoms with Gasteiger partial charge in [-0.1, -0.05) is 17.7 Å². The van der Waals surface area contributed by atoms with Crippen LogP contribution in [0.5, 0.6) is 0 Å². The van der Waals surface area contributed by atoms with E-state index in [0.717, 1.165) is 15.6 Å². The average molecular weight is 399 g/mol. The minimum Gasteiger partial charge on any atom is -0.266 e. The topological polar surface area (TPSA) is 37.4 Å². The lowest BCUT2D eigenvalue weighted by molar-refractivity contribution is 0.593. The molecule has 0 fully saturated rings. The van der Waals surface area contributed by atoms with Gasteiger partial charge in [0, 0.05) is 6.54 Å². The van der Waals surface area contributed by atoms with Gasteiger partial charge in [-0.2, -0.15) is 0 Å². The van der Waals surface area contributed by atoms with Crippen LogP contribution in [0.3, 0.4) is 0 Å². The van der Waals surface area contributed by atoms with Gasteiger partial charge in [0.25, 0.3) is 10.0 Å². The Morgan fingerprint density at radius 3 is 2.60 bits per heavy atom. The van der Waals surface area contributed by atoms with Crippen LogP contribution in [-0.4, -0.2) is 15.0 Å². The van der Waals surface area contributed by atoms with Gasteiger partial charge in [-0.3, -0.25) is 4.31 Å². The number of hydrogen-bond acceptors (Lipinski definition) is 3. The molecule has 0 aliphatic heterocycles. The van der Waals surface area contributed by atoms with E-state index < -0.39 is 15.8 Å². The molecular formula is C12H10BrClFNO2S2. The second-order valence-corrected chi connectivity index (χ2v) is 8.70. The molecule has 1 heterocycles. The van der Waals surface area contributed by atoms with Gasteiger partial charge in [0.1, 0.15) is 10.0 Å². The van der Waals surface area contributed by atoms with Crippen molar-refractivity contribution in [2.75, 3.05) is 10.8 Å². The molecule has 108 valence electrons. The van der Waals surface area contributed by atoms with Crippen molar-refractivity contribution < 1.29 is 12.8 Å². The van der Waals surface area contributed by atoms with Crippen LogP contribution in [-0.2, 0) is 10.0 Å². The van der Waals surface area contributed by atoms with E-state index in [9.17, 15) is 12.8 Å². The fourth-order valence-corrected chi connectivity index (χ4v) is 5.66. The van der Waals surface area contributed by atoms with Crippen LogP contribution in [0.4, 0.5) is 10.1 Å². The van der Waals surface area contributed by atoms with Crippen molar-refractivity contribution in [3.05, 3.63) is 45.0 Å². The third-order valence-electron chi connectivity index (χ3n) is 2.55. The van der Waals surface area contributed by atoms with Crippen LogP contribution in [0.1, 0.15) is 6.92 Å². The maximum absolute atomic E-state index is 13.3. The summed E-state index contributed by atoms with van der Waals surface area (Å²) in [5, 5.41) is 0.337. The predicted molar refractivity (Wildman–Crippen MR) is 83.6 cm³/mol. The Morgan fingerprint density at radius 2 is 2.10 bits per heavy atom. The summed E-state index contributed by atoms with van der Waals surface area (Å²) in [5.74, 6) is -0.485. The summed E-state index contributed by atoms with van der Waals surface area (Å²) >= 11 is 10.1. The average Bonchev–Trinajstić information content (AvgIpc) is 2.71. The quantitative estimate of drug-likeness (QED) is 0.759. The molecule has 8 heteroatoms. The minimum absolute atomic E-state index is 0.112. The Kier molecular flexibility index (Phi) is 4.73. The van der Waals surface area contributed by atoms with Crippen molar-refractivity contribution in [1.82, 2.24) is 0 Å². The third kappa shape index (κ3) is 3.00. The molecule has 0 N–H and O–H groups in total. The highest BCUT2D eigenvalue weighted by atomic mass is 79.9. The monoisotopic (exact) mass is 397 g/mol. The lowest BCUT2D eigenvalue weighted by atomic mass is 10.3. The molecule has 0 saturated carbocycles. The Labute approximate surface area is 134 Å². The molecule has 1 aromatic carbocycles. The number of hydrogen-bond donors (Lipinski definition) is 0. The molecule has 0 radical (unpaired) electrons. The van der Waals surface area contributed by atoms with Gasteiger partial charge in [0.2, 0.25) is 0 Å². The van der Waals surface area contributed by atoms with E-state index in [1.165, 1.54) is 24.3 Å². The molecule has 0 spiro atoms. The summed E-state index contributed by atoms with van der Waals surface area (Å²) < 4.78 is 40.2. The zero-order valence-electron chi connectivity index (χ0n) is 10.3. The summed E-state index contributed by atoms with van der Waals surface area (Å²) in [5.41, 5.74) is 0.285. The predicted octanol–water partition coefficient (Wildman–Crippen LogP) is 4.52. The van der Waals surface area contributed by atoms with Gasteiger partial charge in [-0.15, -0.1) is 11.3 Å². The van der Waals surface area contributed by atoms with Crippen LogP contribution in [0, 0.1) is 5.82 Å². The van der Waals surface area contributed by atoms with E-state index in [4.69, 9.17) is 11.6 Å². The molecule has 1 aromatic heterocycles. The molecular weight excluding hydrogens is 389 g/mol. The minimum atomic E-state index is -3.75. The molecule has 0 amide bonds. The van der Waals surface area contributed by atoms with Crippen molar-refractivity contribution in [1.29, 1.82) is 0 Å². The Bertz CT molecular complexity index is 713. The van der Waals surface area contributed by atoms with Gasteiger partial charge in [-0.25, -0.2) is 12.8 Å². The standard InChI is InChI=1S/C12H10BrClFNO2S2/c1-2-16(9-5-3-4-8(15)6-9)20(17,18)11-7-10(14)12(13)19-11/h3-7H,2H2,1H3. The van der Waals surface area contributed by atoms with Crippen molar-refractivity contribution in [2.24, 2.45) is 0 Å². The van der Waals surface area contributed by atoms with Crippen molar-refractivity contribution in [2.45, 2.75) is 11.1 Å². The Hall–Kier alpha value is -0.630. The van der Waals surface area contributed by atoms with E-state index in [2.05, 4.69) is 15.9 Å². The van der Waals surface area contributed by atoms with E-state index >= 15 is 0 Å². The fraction of sp³-hybridized carbons (Fsp3) is 0.167. The van der Waals surface area contributed by atoms with E-state index in [1.54, 1.807) is 13.0 Å². The summed E-state index contributed by atoms with van der Waals surface area (Å²) in [6.45, 7) is 1.88. The zero-order valence-corrected chi connectivity index (χ0v) is 14.3. The first-order valence-corrected chi connectivity index (χ1v) is 9.02. The summed E-state index contributed by atoms with van der Waals surface area (Å²) in [6.07, 6.45) is 0. The van der Waals surface area contributed by atoms with Crippen molar-refractivity contribution in [3.8, 4) is 0 Å². The highest BCUT2D eigenvalue weighted by molar-refractivity contribution is 9.11. The number of nitrogens with zero attached hydrogens (tertiary/aromatic N) is 1. The molecule has 20 heavy (non-hydrogen) atoms. The molecule has 2 aromatic rings. The number of anilines is 1. The fourth-order valence-electron chi connectivity index (χ4n) is 1.69. The van der Waals surface area contributed by atoms with Crippen molar-refractivity contribution >= 4 is 54.6 Å². The SMILES string of the molecule is CCN(c1cccc(F)c1)S(=O)(=O)c1cc(Cl)c(Br)s1. The third-order valence-corrected chi connectivity index (χ3v) is 7.38. The first-order chi connectivity index (χ1) is 9.36. The number of halogens is 3. The maximum atomic E-state index is 13.3. The van der Waals surface area contributed by atoms with E-state index in [0.29, 0.717) is 8.81 Å². The molecule has 0 unspecified atom stereocenters. The first-order valence-electron chi connectivity index (χ1n) is 5.59. The van der Waals surface area contributed by atoms with Crippen LogP contribution >= 0.6 is 38.9 Å². The number of sulfonamides is 1. The summed E-state index contributed by atoms with van der Waals surface area (Å²) in [6, 6.07) is 6.86. The lowest BCUT2D eigenvalue weighted by Crippen LogP contribution is -2.30. The number of thiophene rings is 1. The smallest absolute Gasteiger partial charge is 0.266 e. The van der Waals surface area contributed by atoms with E-state index in [-0.39, 0.29) is 16.4 Å². The number of benzene rings is 1. The summed E-state index contributed by atoms with van der Waals surface area (Å²) in [7, 11) is -3.75. The maximum Gasteiger partial charge on any atom is 0.273 e. The van der Waals surface area contributed by atoms with Gasteiger partial charge >= 0.3 is 0 Å². The van der Waals surface area contributed by atoms with Gasteiger partial charge in [0.15, 0.2) is 0 Å². The summed E-state index contributed by atoms with van der Waals surface area (Å²) in [4.78, 5) is 0. The second-order valence-electron chi connectivity index (χ2n) is 3.84. The molecule has 3 nitrogen and oxygen atoms in total. The van der Waals surface area contributed by atoms with E-state index in [1.807, 2.05) is 0 Å². The first kappa shape index (κ1) is 15.8. The highest BCUT2D eigenvalue weighted by Crippen LogP contribution is 2.37. The van der Waals surface area contributed by atoms with Crippen LogP contribution < -0.4 is 4.31 Å². The van der Waals surface area contributed by atoms with Crippen LogP contribution in [0.25, 0.3) is 0 Å². The lowest BCUT2D eigenvalue weighted by Gasteiger charge is -2.21. The normalized spacial score (nSPS) is 11.6. The Morgan fingerprint density at radius 1 is 1.40 bits per heavy atom. The van der Waals surface area contributed by atoms with Gasteiger partial charge < -0.3 is 0 Å². The molecule has 0 aliphatic rings.